The molecule has 2 aromatic carbocycles. The molecule has 0 spiro atoms. The first-order valence-corrected chi connectivity index (χ1v) is 7.05. The van der Waals surface area contributed by atoms with E-state index < -0.39 is 0 Å². The number of halogens is 2. The molecular weight excluding hydrogens is 354 g/mol. The molecule has 0 radical (unpaired) electrons. The number of hydrogen-bond donors (Lipinski definition) is 0. The Kier molecular flexibility index (Phi) is 4.90. The highest BCUT2D eigenvalue weighted by atomic mass is 79.9. The molecule has 0 aliphatic heterocycles. The van der Waals surface area contributed by atoms with E-state index in [1.807, 2.05) is 24.3 Å². The second-order valence-electron chi connectivity index (χ2n) is 3.63. The zero-order valence-electron chi connectivity index (χ0n) is 9.55. The van der Waals surface area contributed by atoms with Crippen molar-refractivity contribution in [3.8, 4) is 0 Å². The van der Waals surface area contributed by atoms with Crippen molar-refractivity contribution in [2.45, 2.75) is 0 Å². The zero-order chi connectivity index (χ0) is 12.8. The van der Waals surface area contributed by atoms with Crippen LogP contribution in [0.3, 0.4) is 0 Å². The maximum Gasteiger partial charge on any atom is 0.0410 e. The highest BCUT2D eigenvalue weighted by Gasteiger charge is 1.93. The van der Waals surface area contributed by atoms with Crippen molar-refractivity contribution in [1.29, 1.82) is 0 Å². The van der Waals surface area contributed by atoms with Crippen molar-refractivity contribution >= 4 is 42.6 Å². The Labute approximate surface area is 123 Å². The quantitative estimate of drug-likeness (QED) is 0.517. The van der Waals surface area contributed by atoms with Gasteiger partial charge in [-0.25, -0.2) is 0 Å². The highest BCUT2D eigenvalue weighted by molar-refractivity contribution is 9.11. The average molecular weight is 365 g/mol. The first kappa shape index (κ1) is 13.2. The minimum atomic E-state index is 1.02. The van der Waals surface area contributed by atoms with Gasteiger partial charge in [0.05, 0.1) is 0 Å². The topological polar surface area (TPSA) is 12.9 Å². The van der Waals surface area contributed by atoms with Crippen LogP contribution in [0.15, 0.2) is 75.9 Å². The Bertz CT molecular complexity index is 618. The van der Waals surface area contributed by atoms with E-state index in [2.05, 4.69) is 67.2 Å². The third-order valence-corrected chi connectivity index (χ3v) is 3.52. The van der Waals surface area contributed by atoms with E-state index in [-0.39, 0.29) is 0 Å². The zero-order valence-corrected chi connectivity index (χ0v) is 12.7. The lowest BCUT2D eigenvalue weighted by Crippen LogP contribution is -1.71. The van der Waals surface area contributed by atoms with Gasteiger partial charge in [-0.1, -0.05) is 52.3 Å². The summed E-state index contributed by atoms with van der Waals surface area (Å²) < 4.78 is 2.19. The summed E-state index contributed by atoms with van der Waals surface area (Å²) in [6.07, 6.45) is 3.49. The fourth-order valence-electron chi connectivity index (χ4n) is 1.53. The van der Waals surface area contributed by atoms with Crippen LogP contribution >= 0.6 is 31.9 Å². The molecule has 0 unspecified atom stereocenters. The van der Waals surface area contributed by atoms with E-state index in [0.717, 1.165) is 8.95 Å². The maximum absolute atomic E-state index is 3.84. The van der Waals surface area contributed by atoms with Crippen LogP contribution in [-0.4, -0.2) is 4.98 Å². The summed E-state index contributed by atoms with van der Waals surface area (Å²) in [6, 6.07) is 18.4. The lowest BCUT2D eigenvalue weighted by molar-refractivity contribution is 1.31. The van der Waals surface area contributed by atoms with Crippen molar-refractivity contribution in [1.82, 2.24) is 4.98 Å². The molecule has 1 aromatic heterocycles. The molecule has 18 heavy (non-hydrogen) atoms. The van der Waals surface area contributed by atoms with Crippen LogP contribution in [-0.2, 0) is 0 Å². The van der Waals surface area contributed by atoms with Crippen molar-refractivity contribution in [2.24, 2.45) is 0 Å². The van der Waals surface area contributed by atoms with Crippen LogP contribution in [0.1, 0.15) is 0 Å². The lowest BCUT2D eigenvalue weighted by Gasteiger charge is -1.97. The van der Waals surface area contributed by atoms with E-state index in [1.54, 1.807) is 12.4 Å². The molecule has 0 bridgehead atoms. The highest BCUT2D eigenvalue weighted by Crippen LogP contribution is 2.22. The van der Waals surface area contributed by atoms with E-state index >= 15 is 0 Å². The minimum Gasteiger partial charge on any atom is -0.264 e. The van der Waals surface area contributed by atoms with Gasteiger partial charge in [-0.15, -0.1) is 0 Å². The molecule has 3 aromatic rings. The smallest absolute Gasteiger partial charge is 0.0410 e. The molecule has 0 atom stereocenters. The summed E-state index contributed by atoms with van der Waals surface area (Å²) >= 11 is 6.75. The predicted octanol–water partition coefficient (Wildman–Crippen LogP) is 5.45. The van der Waals surface area contributed by atoms with Crippen LogP contribution in [0.2, 0.25) is 0 Å². The molecule has 1 nitrogen and oxygen atoms in total. The van der Waals surface area contributed by atoms with Crippen molar-refractivity contribution in [2.75, 3.05) is 0 Å². The first-order valence-electron chi connectivity index (χ1n) is 5.46. The molecule has 0 amide bonds. The third-order valence-electron chi connectivity index (χ3n) is 2.36. The minimum absolute atomic E-state index is 1.02. The Morgan fingerprint density at radius 1 is 0.778 bits per heavy atom. The molecule has 90 valence electrons. The maximum atomic E-state index is 3.84. The van der Waals surface area contributed by atoms with Gasteiger partial charge in [-0.05, 0) is 44.9 Å². The van der Waals surface area contributed by atoms with Gasteiger partial charge in [-0.3, -0.25) is 4.98 Å². The van der Waals surface area contributed by atoms with Crippen LogP contribution in [0.4, 0.5) is 0 Å². The Hall–Kier alpha value is -1.19. The second kappa shape index (κ2) is 6.66. The van der Waals surface area contributed by atoms with E-state index in [0.29, 0.717) is 0 Å². The summed E-state index contributed by atoms with van der Waals surface area (Å²) in [6.45, 7) is 0. The van der Waals surface area contributed by atoms with Crippen LogP contribution in [0.25, 0.3) is 10.8 Å². The van der Waals surface area contributed by atoms with Crippen LogP contribution < -0.4 is 0 Å². The lowest BCUT2D eigenvalue weighted by atomic mass is 10.1. The normalized spacial score (nSPS) is 9.67. The molecule has 0 aliphatic rings. The molecule has 3 heteroatoms. The van der Waals surface area contributed by atoms with Gasteiger partial charge in [0.25, 0.3) is 0 Å². The third kappa shape index (κ3) is 3.65. The summed E-state index contributed by atoms with van der Waals surface area (Å²) in [5.41, 5.74) is 0. The van der Waals surface area contributed by atoms with Gasteiger partial charge in [0.2, 0.25) is 0 Å². The van der Waals surface area contributed by atoms with Gasteiger partial charge in [0.1, 0.15) is 0 Å². The molecule has 0 saturated heterocycles. The van der Waals surface area contributed by atoms with Gasteiger partial charge in [-0.2, -0.15) is 0 Å². The number of hydrogen-bond acceptors (Lipinski definition) is 1. The van der Waals surface area contributed by atoms with Crippen molar-refractivity contribution in [3.05, 3.63) is 75.9 Å². The fraction of sp³-hybridized carbons (Fsp3) is 0. The molecular formula is C15H11Br2N. The summed E-state index contributed by atoms with van der Waals surface area (Å²) in [5.74, 6) is 0. The number of benzene rings is 2. The Balaban J connectivity index is 0.000000149. The van der Waals surface area contributed by atoms with Gasteiger partial charge >= 0.3 is 0 Å². The Morgan fingerprint density at radius 2 is 1.56 bits per heavy atom. The van der Waals surface area contributed by atoms with E-state index in [4.69, 9.17) is 0 Å². The first-order chi connectivity index (χ1) is 8.77. The van der Waals surface area contributed by atoms with Crippen molar-refractivity contribution < 1.29 is 0 Å². The monoisotopic (exact) mass is 363 g/mol. The van der Waals surface area contributed by atoms with Crippen LogP contribution in [0, 0.1) is 0 Å². The number of nitrogens with zero attached hydrogens (tertiary/aromatic N) is 1. The fourth-order valence-corrected chi connectivity index (χ4v) is 2.31. The van der Waals surface area contributed by atoms with E-state index in [9.17, 15) is 0 Å². The number of rotatable bonds is 0. The number of aromatic nitrogens is 1. The average Bonchev–Trinajstić information content (AvgIpc) is 2.41. The summed E-state index contributed by atoms with van der Waals surface area (Å²) in [5, 5.41) is 2.55. The molecule has 0 saturated carbocycles. The van der Waals surface area contributed by atoms with Crippen LogP contribution in [0.5, 0.6) is 0 Å². The summed E-state index contributed by atoms with van der Waals surface area (Å²) in [4.78, 5) is 3.84. The molecule has 3 rings (SSSR count). The SMILES string of the molecule is Brc1cccc2ccccc12.Brc1cccnc1. The number of pyridine rings is 1. The number of fused-ring (bicyclic) bond motifs is 1. The molecule has 0 N–H and O–H groups in total. The summed E-state index contributed by atoms with van der Waals surface area (Å²) in [7, 11) is 0. The van der Waals surface area contributed by atoms with Gasteiger partial charge in [0, 0.05) is 21.3 Å². The van der Waals surface area contributed by atoms with Gasteiger partial charge < -0.3 is 0 Å². The Morgan fingerprint density at radius 3 is 2.17 bits per heavy atom. The van der Waals surface area contributed by atoms with Gasteiger partial charge in [0.15, 0.2) is 0 Å². The predicted molar refractivity (Wildman–Crippen MR) is 83.6 cm³/mol. The van der Waals surface area contributed by atoms with E-state index in [1.165, 1.54) is 10.8 Å². The molecule has 0 fully saturated rings. The largest absolute Gasteiger partial charge is 0.264 e. The standard InChI is InChI=1S/C10H7Br.C5H4BrN/c11-10-7-3-5-8-4-1-2-6-9(8)10;6-5-2-1-3-7-4-5/h1-7H;1-4H. The second-order valence-corrected chi connectivity index (χ2v) is 5.40. The van der Waals surface area contributed by atoms with Crippen molar-refractivity contribution in [3.63, 3.8) is 0 Å². The molecule has 0 aliphatic carbocycles. The molecule has 1 heterocycles.